The standard InChI is InChI=1S/C24H18FN3O4/c1-31-21-15-22(29)28(18-11-7-16(25)8-12-18)27-23(21)24(30)26-17-9-13-20(14-10-17)32-19-5-3-2-4-6-19/h2-15H,1H3,(H,26,30). The third-order valence-corrected chi connectivity index (χ3v) is 4.49. The number of hydrogen-bond donors (Lipinski definition) is 1. The Bertz CT molecular complexity index is 1290. The molecule has 8 heteroatoms. The second-order valence-electron chi connectivity index (χ2n) is 6.68. The van der Waals surface area contributed by atoms with Crippen LogP contribution in [0.25, 0.3) is 5.69 Å². The molecule has 1 aromatic heterocycles. The molecule has 0 aliphatic heterocycles. The fraction of sp³-hybridized carbons (Fsp3) is 0.0417. The van der Waals surface area contributed by atoms with Gasteiger partial charge in [0.05, 0.1) is 18.9 Å². The highest BCUT2D eigenvalue weighted by atomic mass is 19.1. The van der Waals surface area contributed by atoms with Crippen LogP contribution in [0, 0.1) is 5.82 Å². The molecule has 0 fully saturated rings. The van der Waals surface area contributed by atoms with Gasteiger partial charge in [0.25, 0.3) is 11.5 Å². The van der Waals surface area contributed by atoms with Gasteiger partial charge < -0.3 is 14.8 Å². The van der Waals surface area contributed by atoms with Crippen LogP contribution in [-0.2, 0) is 0 Å². The number of amides is 1. The zero-order valence-electron chi connectivity index (χ0n) is 17.0. The maximum absolute atomic E-state index is 13.2. The fourth-order valence-corrected chi connectivity index (χ4v) is 2.94. The molecule has 0 bridgehead atoms. The van der Waals surface area contributed by atoms with Gasteiger partial charge in [-0.3, -0.25) is 9.59 Å². The van der Waals surface area contributed by atoms with E-state index in [1.54, 1.807) is 24.3 Å². The first-order valence-electron chi connectivity index (χ1n) is 9.62. The van der Waals surface area contributed by atoms with E-state index in [0.29, 0.717) is 22.9 Å². The van der Waals surface area contributed by atoms with Crippen molar-refractivity contribution in [2.75, 3.05) is 12.4 Å². The van der Waals surface area contributed by atoms with E-state index in [9.17, 15) is 14.0 Å². The third-order valence-electron chi connectivity index (χ3n) is 4.49. The highest BCUT2D eigenvalue weighted by Gasteiger charge is 2.18. The summed E-state index contributed by atoms with van der Waals surface area (Å²) in [5.74, 6) is 0.299. The zero-order chi connectivity index (χ0) is 22.5. The summed E-state index contributed by atoms with van der Waals surface area (Å²) in [7, 11) is 1.34. The van der Waals surface area contributed by atoms with E-state index in [-0.39, 0.29) is 11.4 Å². The first-order valence-corrected chi connectivity index (χ1v) is 9.62. The Labute approximate surface area is 182 Å². The first kappa shape index (κ1) is 20.8. The number of hydrogen-bond acceptors (Lipinski definition) is 5. The molecule has 32 heavy (non-hydrogen) atoms. The summed E-state index contributed by atoms with van der Waals surface area (Å²) in [6.45, 7) is 0. The van der Waals surface area contributed by atoms with Crippen molar-refractivity contribution in [1.29, 1.82) is 0 Å². The maximum atomic E-state index is 13.2. The lowest BCUT2D eigenvalue weighted by atomic mass is 10.2. The maximum Gasteiger partial charge on any atom is 0.280 e. The predicted octanol–water partition coefficient (Wildman–Crippen LogP) is 4.42. The number of aromatic nitrogens is 2. The molecule has 0 atom stereocenters. The number of carbonyl (C=O) groups is 1. The Kier molecular flexibility index (Phi) is 5.94. The van der Waals surface area contributed by atoms with Gasteiger partial charge in [0.1, 0.15) is 17.3 Å². The molecular formula is C24H18FN3O4. The number of nitrogens with one attached hydrogen (secondary N) is 1. The van der Waals surface area contributed by atoms with Gasteiger partial charge in [-0.25, -0.2) is 4.39 Å². The minimum Gasteiger partial charge on any atom is -0.494 e. The Morgan fingerprint density at radius 2 is 1.59 bits per heavy atom. The number of ether oxygens (including phenoxy) is 2. The van der Waals surface area contributed by atoms with Crippen LogP contribution in [0.5, 0.6) is 17.2 Å². The number of benzene rings is 3. The number of carbonyl (C=O) groups excluding carboxylic acids is 1. The lowest BCUT2D eigenvalue weighted by Crippen LogP contribution is -2.26. The quantitative estimate of drug-likeness (QED) is 0.489. The van der Waals surface area contributed by atoms with Crippen LogP contribution < -0.4 is 20.3 Å². The van der Waals surface area contributed by atoms with Crippen LogP contribution in [0.15, 0.2) is 89.7 Å². The van der Waals surface area contributed by atoms with Gasteiger partial charge >= 0.3 is 0 Å². The molecule has 0 spiro atoms. The molecule has 3 aromatic carbocycles. The van der Waals surface area contributed by atoms with Gasteiger partial charge in [-0.15, -0.1) is 0 Å². The average Bonchev–Trinajstić information content (AvgIpc) is 2.81. The smallest absolute Gasteiger partial charge is 0.280 e. The molecule has 1 amide bonds. The summed E-state index contributed by atoms with van der Waals surface area (Å²) in [6, 6.07) is 22.4. The molecular weight excluding hydrogens is 413 g/mol. The van der Waals surface area contributed by atoms with Crippen molar-refractivity contribution in [3.05, 3.63) is 107 Å². The van der Waals surface area contributed by atoms with E-state index in [1.807, 2.05) is 30.3 Å². The SMILES string of the molecule is COc1cc(=O)n(-c2ccc(F)cc2)nc1C(=O)Nc1ccc(Oc2ccccc2)cc1. The predicted molar refractivity (Wildman–Crippen MR) is 117 cm³/mol. The van der Waals surface area contributed by atoms with Crippen LogP contribution in [0.4, 0.5) is 10.1 Å². The summed E-state index contributed by atoms with van der Waals surface area (Å²) >= 11 is 0. The number of nitrogens with zero attached hydrogens (tertiary/aromatic N) is 2. The van der Waals surface area contributed by atoms with Gasteiger partial charge in [0.2, 0.25) is 0 Å². The summed E-state index contributed by atoms with van der Waals surface area (Å²) < 4.78 is 25.1. The number of para-hydroxylation sites is 1. The first-order chi connectivity index (χ1) is 15.5. The lowest BCUT2D eigenvalue weighted by Gasteiger charge is -2.12. The van der Waals surface area contributed by atoms with Crippen LogP contribution in [0.3, 0.4) is 0 Å². The molecule has 160 valence electrons. The summed E-state index contributed by atoms with van der Waals surface area (Å²) in [5, 5.41) is 6.85. The van der Waals surface area contributed by atoms with E-state index in [1.165, 1.54) is 31.4 Å². The van der Waals surface area contributed by atoms with E-state index < -0.39 is 17.3 Å². The molecule has 1 heterocycles. The Morgan fingerprint density at radius 3 is 2.25 bits per heavy atom. The third kappa shape index (κ3) is 4.65. The Hall–Kier alpha value is -4.46. The molecule has 4 rings (SSSR count). The number of methoxy groups -OCH3 is 1. The number of halogens is 1. The van der Waals surface area contributed by atoms with Gasteiger partial charge in [-0.2, -0.15) is 9.78 Å². The van der Waals surface area contributed by atoms with Gasteiger partial charge in [-0.1, -0.05) is 18.2 Å². The number of anilines is 1. The van der Waals surface area contributed by atoms with Gasteiger partial charge in [0, 0.05) is 5.69 Å². The van der Waals surface area contributed by atoms with Crippen molar-refractivity contribution in [3.8, 4) is 22.9 Å². The topological polar surface area (TPSA) is 82.5 Å². The molecule has 0 aliphatic carbocycles. The molecule has 0 aliphatic rings. The van der Waals surface area contributed by atoms with Crippen molar-refractivity contribution in [3.63, 3.8) is 0 Å². The Morgan fingerprint density at radius 1 is 0.938 bits per heavy atom. The summed E-state index contributed by atoms with van der Waals surface area (Å²) in [5.41, 5.74) is 0.197. The number of rotatable bonds is 6. The molecule has 1 N–H and O–H groups in total. The average molecular weight is 431 g/mol. The lowest BCUT2D eigenvalue weighted by molar-refractivity contribution is 0.101. The molecule has 0 unspecified atom stereocenters. The van der Waals surface area contributed by atoms with Crippen molar-refractivity contribution < 1.29 is 18.7 Å². The zero-order valence-corrected chi connectivity index (χ0v) is 17.0. The second-order valence-corrected chi connectivity index (χ2v) is 6.68. The van der Waals surface area contributed by atoms with Crippen LogP contribution >= 0.6 is 0 Å². The van der Waals surface area contributed by atoms with E-state index in [4.69, 9.17) is 9.47 Å². The molecule has 0 radical (unpaired) electrons. The minimum absolute atomic E-state index is 0.0230. The molecule has 4 aromatic rings. The van der Waals surface area contributed by atoms with Crippen molar-refractivity contribution in [1.82, 2.24) is 9.78 Å². The van der Waals surface area contributed by atoms with Crippen molar-refractivity contribution in [2.45, 2.75) is 0 Å². The van der Waals surface area contributed by atoms with Crippen LogP contribution in [-0.4, -0.2) is 22.8 Å². The van der Waals surface area contributed by atoms with Gasteiger partial charge in [-0.05, 0) is 60.7 Å². The van der Waals surface area contributed by atoms with Crippen LogP contribution in [0.1, 0.15) is 10.5 Å². The van der Waals surface area contributed by atoms with E-state index >= 15 is 0 Å². The van der Waals surface area contributed by atoms with E-state index in [2.05, 4.69) is 10.4 Å². The Balaban J connectivity index is 1.56. The van der Waals surface area contributed by atoms with Crippen LogP contribution in [0.2, 0.25) is 0 Å². The summed E-state index contributed by atoms with van der Waals surface area (Å²) in [6.07, 6.45) is 0. The van der Waals surface area contributed by atoms with Gasteiger partial charge in [0.15, 0.2) is 11.4 Å². The molecule has 7 nitrogen and oxygen atoms in total. The molecule has 0 saturated heterocycles. The highest BCUT2D eigenvalue weighted by Crippen LogP contribution is 2.23. The molecule has 0 saturated carbocycles. The van der Waals surface area contributed by atoms with Crippen molar-refractivity contribution >= 4 is 11.6 Å². The highest BCUT2D eigenvalue weighted by molar-refractivity contribution is 6.04. The van der Waals surface area contributed by atoms with Crippen molar-refractivity contribution in [2.24, 2.45) is 0 Å². The minimum atomic E-state index is -0.575. The van der Waals surface area contributed by atoms with E-state index in [0.717, 1.165) is 10.7 Å². The second kappa shape index (κ2) is 9.13. The largest absolute Gasteiger partial charge is 0.494 e. The monoisotopic (exact) mass is 431 g/mol. The normalized spacial score (nSPS) is 10.4. The summed E-state index contributed by atoms with van der Waals surface area (Å²) in [4.78, 5) is 25.2. The fourth-order valence-electron chi connectivity index (χ4n) is 2.94.